The number of benzene rings is 2. The Labute approximate surface area is 159 Å². The van der Waals surface area contributed by atoms with Crippen LogP contribution < -0.4 is 20.1 Å². The molecule has 6 heteroatoms. The number of hydrogen-bond donors (Lipinski definition) is 2. The first-order chi connectivity index (χ1) is 13.1. The molecule has 1 fully saturated rings. The van der Waals surface area contributed by atoms with Crippen LogP contribution in [0.3, 0.4) is 0 Å². The minimum absolute atomic E-state index is 0.108. The summed E-state index contributed by atoms with van der Waals surface area (Å²) >= 11 is 0. The van der Waals surface area contributed by atoms with Gasteiger partial charge in [0, 0.05) is 49.1 Å². The summed E-state index contributed by atoms with van der Waals surface area (Å²) in [5, 5.41) is 5.89. The van der Waals surface area contributed by atoms with Crippen LogP contribution in [0, 0.1) is 0 Å². The Balaban J connectivity index is 1.68. The van der Waals surface area contributed by atoms with Crippen LogP contribution in [0.25, 0.3) is 0 Å². The van der Waals surface area contributed by atoms with E-state index in [4.69, 9.17) is 14.2 Å². The Bertz CT molecular complexity index is 736. The van der Waals surface area contributed by atoms with Gasteiger partial charge in [-0.05, 0) is 18.4 Å². The van der Waals surface area contributed by atoms with E-state index in [1.54, 1.807) is 32.4 Å². The summed E-state index contributed by atoms with van der Waals surface area (Å²) < 4.78 is 16.0. The van der Waals surface area contributed by atoms with Crippen molar-refractivity contribution in [1.29, 1.82) is 0 Å². The molecule has 0 atom stereocenters. The number of carbonyl (C=O) groups is 1. The third-order valence-corrected chi connectivity index (χ3v) is 5.03. The highest BCUT2D eigenvalue weighted by Crippen LogP contribution is 2.34. The molecule has 2 amide bonds. The van der Waals surface area contributed by atoms with Gasteiger partial charge in [-0.15, -0.1) is 0 Å². The van der Waals surface area contributed by atoms with Gasteiger partial charge in [0.2, 0.25) is 0 Å². The van der Waals surface area contributed by atoms with Crippen LogP contribution in [0.4, 0.5) is 10.5 Å². The summed E-state index contributed by atoms with van der Waals surface area (Å²) in [6.45, 7) is 1.95. The molecule has 0 aliphatic carbocycles. The fraction of sp³-hybridized carbons (Fsp3) is 0.381. The first kappa shape index (κ1) is 19.0. The lowest BCUT2D eigenvalue weighted by molar-refractivity contribution is 0.0508. The van der Waals surface area contributed by atoms with Gasteiger partial charge in [0.05, 0.1) is 14.2 Å². The van der Waals surface area contributed by atoms with E-state index in [9.17, 15) is 4.79 Å². The van der Waals surface area contributed by atoms with Crippen molar-refractivity contribution in [3.05, 3.63) is 54.1 Å². The molecule has 2 aromatic carbocycles. The maximum absolute atomic E-state index is 12.5. The van der Waals surface area contributed by atoms with Gasteiger partial charge in [-0.1, -0.05) is 30.3 Å². The number of anilines is 1. The number of rotatable bonds is 6. The highest BCUT2D eigenvalue weighted by Gasteiger charge is 2.34. The Morgan fingerprint density at radius 2 is 1.67 bits per heavy atom. The smallest absolute Gasteiger partial charge is 0.319 e. The van der Waals surface area contributed by atoms with Gasteiger partial charge in [0.15, 0.2) is 0 Å². The van der Waals surface area contributed by atoms with Crippen LogP contribution >= 0.6 is 0 Å². The zero-order valence-electron chi connectivity index (χ0n) is 15.8. The van der Waals surface area contributed by atoms with Crippen LogP contribution in [-0.4, -0.2) is 40.0 Å². The van der Waals surface area contributed by atoms with E-state index in [2.05, 4.69) is 22.8 Å². The summed E-state index contributed by atoms with van der Waals surface area (Å²) in [6.07, 6.45) is 1.76. The maximum Gasteiger partial charge on any atom is 0.319 e. The third-order valence-electron chi connectivity index (χ3n) is 5.03. The number of nitrogens with one attached hydrogen (secondary N) is 2. The van der Waals surface area contributed by atoms with Crippen LogP contribution in [0.5, 0.6) is 11.5 Å². The van der Waals surface area contributed by atoms with Crippen molar-refractivity contribution in [3.8, 4) is 11.5 Å². The van der Waals surface area contributed by atoms with E-state index in [-0.39, 0.29) is 11.4 Å². The fourth-order valence-electron chi connectivity index (χ4n) is 3.43. The minimum atomic E-state index is -0.257. The van der Waals surface area contributed by atoms with E-state index >= 15 is 0 Å². The molecule has 2 aromatic rings. The number of methoxy groups -OCH3 is 2. The van der Waals surface area contributed by atoms with Gasteiger partial charge >= 0.3 is 6.03 Å². The standard InChI is InChI=1S/C21H26N2O4/c1-25-18-12-17(13-19(14-18)26-2)23-20(24)22-15-21(8-10-27-11-9-21)16-6-4-3-5-7-16/h3-7,12-14H,8-11,15H2,1-2H3,(H2,22,23,24). The van der Waals surface area contributed by atoms with Crippen molar-refractivity contribution in [1.82, 2.24) is 5.32 Å². The number of urea groups is 1. The molecule has 144 valence electrons. The molecule has 27 heavy (non-hydrogen) atoms. The molecule has 0 bridgehead atoms. The third kappa shape index (κ3) is 4.71. The SMILES string of the molecule is COc1cc(NC(=O)NCC2(c3ccccc3)CCOCC2)cc(OC)c1. The van der Waals surface area contributed by atoms with Gasteiger partial charge in [-0.2, -0.15) is 0 Å². The lowest BCUT2D eigenvalue weighted by Gasteiger charge is -2.38. The predicted octanol–water partition coefficient (Wildman–Crippen LogP) is 3.57. The Kier molecular flexibility index (Phi) is 6.19. The summed E-state index contributed by atoms with van der Waals surface area (Å²) in [6, 6.07) is 15.3. The van der Waals surface area contributed by atoms with E-state index in [1.165, 1.54) is 5.56 Å². The highest BCUT2D eigenvalue weighted by molar-refractivity contribution is 5.89. The highest BCUT2D eigenvalue weighted by atomic mass is 16.5. The Morgan fingerprint density at radius 3 is 2.26 bits per heavy atom. The largest absolute Gasteiger partial charge is 0.497 e. The molecular formula is C21H26N2O4. The van der Waals surface area contributed by atoms with Crippen LogP contribution in [-0.2, 0) is 10.2 Å². The van der Waals surface area contributed by atoms with Crippen molar-refractivity contribution in [2.24, 2.45) is 0 Å². The second-order valence-corrected chi connectivity index (χ2v) is 6.67. The molecule has 2 N–H and O–H groups in total. The molecule has 1 aliphatic heterocycles. The van der Waals surface area contributed by atoms with E-state index < -0.39 is 0 Å². The molecule has 0 unspecified atom stereocenters. The second kappa shape index (κ2) is 8.77. The molecule has 1 aliphatic rings. The molecule has 1 saturated heterocycles. The van der Waals surface area contributed by atoms with Crippen molar-refractivity contribution in [2.75, 3.05) is 39.3 Å². The molecular weight excluding hydrogens is 344 g/mol. The van der Waals surface area contributed by atoms with Gasteiger partial charge in [-0.25, -0.2) is 4.79 Å². The van der Waals surface area contributed by atoms with Crippen molar-refractivity contribution in [3.63, 3.8) is 0 Å². The summed E-state index contributed by atoms with van der Waals surface area (Å²) in [7, 11) is 3.15. The molecule has 1 heterocycles. The average molecular weight is 370 g/mol. The zero-order chi connectivity index (χ0) is 19.1. The summed E-state index contributed by atoms with van der Waals surface area (Å²) in [4.78, 5) is 12.5. The topological polar surface area (TPSA) is 68.8 Å². The second-order valence-electron chi connectivity index (χ2n) is 6.67. The van der Waals surface area contributed by atoms with E-state index in [1.807, 2.05) is 18.2 Å². The van der Waals surface area contributed by atoms with Gasteiger partial charge in [0.25, 0.3) is 0 Å². The number of amides is 2. The first-order valence-corrected chi connectivity index (χ1v) is 9.06. The molecule has 0 radical (unpaired) electrons. The Hall–Kier alpha value is -2.73. The molecule has 6 nitrogen and oxygen atoms in total. The molecule has 3 rings (SSSR count). The predicted molar refractivity (Wildman–Crippen MR) is 105 cm³/mol. The van der Waals surface area contributed by atoms with E-state index in [0.29, 0.717) is 36.9 Å². The average Bonchev–Trinajstić information content (AvgIpc) is 2.73. The number of carbonyl (C=O) groups excluding carboxylic acids is 1. The first-order valence-electron chi connectivity index (χ1n) is 9.06. The lowest BCUT2D eigenvalue weighted by Crippen LogP contribution is -2.45. The monoisotopic (exact) mass is 370 g/mol. The fourth-order valence-corrected chi connectivity index (χ4v) is 3.43. The van der Waals surface area contributed by atoms with Gasteiger partial charge in [0.1, 0.15) is 11.5 Å². The normalized spacial score (nSPS) is 15.6. The van der Waals surface area contributed by atoms with Crippen LogP contribution in [0.1, 0.15) is 18.4 Å². The van der Waals surface area contributed by atoms with Crippen molar-refractivity contribution >= 4 is 11.7 Å². The van der Waals surface area contributed by atoms with Crippen molar-refractivity contribution < 1.29 is 19.0 Å². The maximum atomic E-state index is 12.5. The van der Waals surface area contributed by atoms with Gasteiger partial charge < -0.3 is 24.8 Å². The zero-order valence-corrected chi connectivity index (χ0v) is 15.8. The quantitative estimate of drug-likeness (QED) is 0.816. The molecule has 0 aromatic heterocycles. The summed E-state index contributed by atoms with van der Waals surface area (Å²) in [5.74, 6) is 1.24. The van der Waals surface area contributed by atoms with Crippen LogP contribution in [0.15, 0.2) is 48.5 Å². The van der Waals surface area contributed by atoms with Crippen LogP contribution in [0.2, 0.25) is 0 Å². The number of hydrogen-bond acceptors (Lipinski definition) is 4. The minimum Gasteiger partial charge on any atom is -0.497 e. The number of ether oxygens (including phenoxy) is 3. The molecule has 0 saturated carbocycles. The Morgan fingerprint density at radius 1 is 1.04 bits per heavy atom. The summed E-state index contributed by atoms with van der Waals surface area (Å²) in [5.41, 5.74) is 1.74. The van der Waals surface area contributed by atoms with Crippen molar-refractivity contribution in [2.45, 2.75) is 18.3 Å². The lowest BCUT2D eigenvalue weighted by atomic mass is 9.74. The molecule has 0 spiro atoms. The van der Waals surface area contributed by atoms with Gasteiger partial charge in [-0.3, -0.25) is 0 Å². The van der Waals surface area contributed by atoms with E-state index in [0.717, 1.165) is 12.8 Å².